The third-order valence-corrected chi connectivity index (χ3v) is 7.63. The number of halogens is 2. The number of hydrogen-bond donors (Lipinski definition) is 0. The molecule has 0 amide bonds. The Hall–Kier alpha value is -1.80. The van der Waals surface area contributed by atoms with Crippen LogP contribution in [0.4, 0.5) is 8.78 Å². The summed E-state index contributed by atoms with van der Waals surface area (Å²) < 4.78 is 75.1. The van der Waals surface area contributed by atoms with E-state index in [9.17, 15) is 25.6 Å². The molecule has 2 aromatic rings. The highest BCUT2D eigenvalue weighted by atomic mass is 33.2. The first kappa shape index (κ1) is 14.6. The Labute approximate surface area is 113 Å². The second kappa shape index (κ2) is 4.95. The molecule has 2 aromatic carbocycles. The molecule has 0 N–H and O–H groups in total. The molecule has 0 unspecified atom stereocenters. The maximum absolute atomic E-state index is 13.5. The van der Waals surface area contributed by atoms with Crippen molar-refractivity contribution in [2.45, 2.75) is 9.79 Å². The second-order valence-corrected chi connectivity index (χ2v) is 9.10. The Morgan fingerprint density at radius 1 is 0.600 bits per heavy atom. The van der Waals surface area contributed by atoms with Crippen molar-refractivity contribution in [1.82, 2.24) is 0 Å². The standard InChI is InChI=1S/C12H8F2O4S2/c13-9-5-1-3-7-11(9)19(15,16)20(17,18)12-8-4-2-6-10(12)14/h1-8H. The molecule has 0 aliphatic carbocycles. The average Bonchev–Trinajstić information content (AvgIpc) is 2.39. The van der Waals surface area contributed by atoms with Crippen molar-refractivity contribution in [3.63, 3.8) is 0 Å². The quantitative estimate of drug-likeness (QED) is 0.813. The van der Waals surface area contributed by atoms with Crippen molar-refractivity contribution >= 4 is 17.7 Å². The van der Waals surface area contributed by atoms with Crippen LogP contribution in [0.2, 0.25) is 0 Å². The Balaban J connectivity index is 2.73. The van der Waals surface area contributed by atoms with E-state index in [2.05, 4.69) is 0 Å². The van der Waals surface area contributed by atoms with Gasteiger partial charge in [-0.15, -0.1) is 0 Å². The van der Waals surface area contributed by atoms with Gasteiger partial charge in [-0.2, -0.15) is 0 Å². The smallest absolute Gasteiger partial charge is 0.207 e. The number of benzene rings is 2. The van der Waals surface area contributed by atoms with Gasteiger partial charge in [-0.3, -0.25) is 0 Å². The lowest BCUT2D eigenvalue weighted by molar-refractivity contribution is 0.556. The predicted octanol–water partition coefficient (Wildman–Crippen LogP) is 2.13. The van der Waals surface area contributed by atoms with Crippen molar-refractivity contribution in [2.75, 3.05) is 0 Å². The molecule has 0 radical (unpaired) electrons. The van der Waals surface area contributed by atoms with Crippen LogP contribution < -0.4 is 0 Å². The molecular formula is C12H8F2O4S2. The first-order valence-electron chi connectivity index (χ1n) is 5.27. The lowest BCUT2D eigenvalue weighted by Gasteiger charge is -2.07. The fourth-order valence-corrected chi connectivity index (χ4v) is 5.34. The molecular weight excluding hydrogens is 310 g/mol. The van der Waals surface area contributed by atoms with Crippen LogP contribution in [0.25, 0.3) is 0 Å². The monoisotopic (exact) mass is 318 g/mol. The molecule has 8 heteroatoms. The molecule has 4 nitrogen and oxygen atoms in total. The van der Waals surface area contributed by atoms with Crippen LogP contribution in [0.5, 0.6) is 0 Å². The molecule has 0 saturated carbocycles. The molecule has 0 saturated heterocycles. The molecule has 0 aromatic heterocycles. The zero-order valence-corrected chi connectivity index (χ0v) is 11.5. The highest BCUT2D eigenvalue weighted by Crippen LogP contribution is 2.27. The molecule has 106 valence electrons. The minimum atomic E-state index is -5.09. The van der Waals surface area contributed by atoms with E-state index in [1.165, 1.54) is 24.3 Å². The Morgan fingerprint density at radius 2 is 0.900 bits per heavy atom. The summed E-state index contributed by atoms with van der Waals surface area (Å²) >= 11 is 0. The Bertz CT molecular complexity index is 785. The third-order valence-electron chi connectivity index (χ3n) is 2.50. The first-order chi connectivity index (χ1) is 9.28. The van der Waals surface area contributed by atoms with Crippen LogP contribution in [0.15, 0.2) is 58.3 Å². The summed E-state index contributed by atoms with van der Waals surface area (Å²) in [5.74, 6) is -2.43. The molecule has 0 bridgehead atoms. The van der Waals surface area contributed by atoms with Gasteiger partial charge in [0.2, 0.25) is 0 Å². The first-order valence-corrected chi connectivity index (χ1v) is 8.76. The highest BCUT2D eigenvalue weighted by Gasteiger charge is 2.37. The average molecular weight is 318 g/mol. The van der Waals surface area contributed by atoms with E-state index >= 15 is 0 Å². The van der Waals surface area contributed by atoms with E-state index in [1.807, 2.05) is 0 Å². The van der Waals surface area contributed by atoms with E-state index in [0.717, 1.165) is 24.3 Å². The van der Waals surface area contributed by atoms with Gasteiger partial charge >= 0.3 is 0 Å². The van der Waals surface area contributed by atoms with Crippen LogP contribution in [0.3, 0.4) is 0 Å². The highest BCUT2D eigenvalue weighted by molar-refractivity contribution is 8.67. The van der Waals surface area contributed by atoms with Crippen molar-refractivity contribution in [3.8, 4) is 0 Å². The molecule has 0 aliphatic heterocycles. The summed E-state index contributed by atoms with van der Waals surface area (Å²) in [7, 11) is -10.2. The van der Waals surface area contributed by atoms with Crippen molar-refractivity contribution < 1.29 is 25.6 Å². The van der Waals surface area contributed by atoms with Gasteiger partial charge in [-0.05, 0) is 24.3 Å². The Kier molecular flexibility index (Phi) is 3.61. The van der Waals surface area contributed by atoms with E-state index in [1.54, 1.807) is 0 Å². The number of hydrogen-bond acceptors (Lipinski definition) is 4. The molecule has 0 spiro atoms. The zero-order chi connectivity index (χ0) is 15.0. The summed E-state index contributed by atoms with van der Waals surface area (Å²) in [5.41, 5.74) is 0. The van der Waals surface area contributed by atoms with Crippen molar-refractivity contribution in [1.29, 1.82) is 0 Å². The molecule has 0 aliphatic rings. The molecule has 0 heterocycles. The summed E-state index contributed by atoms with van der Waals surface area (Å²) in [6, 6.07) is 8.01. The van der Waals surface area contributed by atoms with Gasteiger partial charge in [-0.1, -0.05) is 24.3 Å². The van der Waals surface area contributed by atoms with Gasteiger partial charge in [0.05, 0.1) is 0 Å². The van der Waals surface area contributed by atoms with Gasteiger partial charge < -0.3 is 0 Å². The summed E-state index contributed by atoms with van der Waals surface area (Å²) in [4.78, 5) is -2.02. The molecule has 2 rings (SSSR count). The molecule has 0 fully saturated rings. The van der Waals surface area contributed by atoms with E-state index in [-0.39, 0.29) is 0 Å². The van der Waals surface area contributed by atoms with Gasteiger partial charge in [-0.25, -0.2) is 25.6 Å². The van der Waals surface area contributed by atoms with Gasteiger partial charge in [0.1, 0.15) is 21.4 Å². The molecule has 20 heavy (non-hydrogen) atoms. The fraction of sp³-hybridized carbons (Fsp3) is 0. The SMILES string of the molecule is O=S(=O)(c1ccccc1F)S(=O)(=O)c1ccccc1F. The lowest BCUT2D eigenvalue weighted by atomic mass is 10.3. The van der Waals surface area contributed by atoms with Gasteiger partial charge in [0.15, 0.2) is 0 Å². The lowest BCUT2D eigenvalue weighted by Crippen LogP contribution is -2.18. The van der Waals surface area contributed by atoms with Gasteiger partial charge in [0.25, 0.3) is 17.7 Å². The minimum absolute atomic E-state index is 0.809. The predicted molar refractivity (Wildman–Crippen MR) is 67.2 cm³/mol. The zero-order valence-electron chi connectivity index (χ0n) is 9.82. The van der Waals surface area contributed by atoms with E-state index in [4.69, 9.17) is 0 Å². The van der Waals surface area contributed by atoms with Crippen LogP contribution in [0.1, 0.15) is 0 Å². The maximum atomic E-state index is 13.5. The van der Waals surface area contributed by atoms with Crippen LogP contribution in [0, 0.1) is 11.6 Å². The third kappa shape index (κ3) is 2.20. The van der Waals surface area contributed by atoms with Crippen LogP contribution in [-0.4, -0.2) is 16.8 Å². The normalized spacial score (nSPS) is 12.3. The topological polar surface area (TPSA) is 68.3 Å². The van der Waals surface area contributed by atoms with E-state index in [0.29, 0.717) is 0 Å². The van der Waals surface area contributed by atoms with Gasteiger partial charge in [0, 0.05) is 0 Å². The second-order valence-electron chi connectivity index (χ2n) is 3.77. The van der Waals surface area contributed by atoms with E-state index < -0.39 is 39.2 Å². The van der Waals surface area contributed by atoms with Crippen LogP contribution >= 0.6 is 0 Å². The molecule has 0 atom stereocenters. The minimum Gasteiger partial charge on any atom is -0.207 e. The Morgan fingerprint density at radius 3 is 1.20 bits per heavy atom. The fourth-order valence-electron chi connectivity index (χ4n) is 1.53. The van der Waals surface area contributed by atoms with Crippen LogP contribution in [-0.2, 0) is 17.7 Å². The van der Waals surface area contributed by atoms with Crippen molar-refractivity contribution in [2.24, 2.45) is 0 Å². The van der Waals surface area contributed by atoms with Crippen molar-refractivity contribution in [3.05, 3.63) is 60.2 Å². The summed E-state index contributed by atoms with van der Waals surface area (Å²) in [6.07, 6.45) is 0. The summed E-state index contributed by atoms with van der Waals surface area (Å²) in [6.45, 7) is 0. The number of rotatable bonds is 3. The largest absolute Gasteiger partial charge is 0.289 e. The maximum Gasteiger partial charge on any atom is 0.289 e. The summed E-state index contributed by atoms with van der Waals surface area (Å²) in [5, 5.41) is 0.